The van der Waals surface area contributed by atoms with Crippen LogP contribution in [0.3, 0.4) is 0 Å². The van der Waals surface area contributed by atoms with E-state index < -0.39 is 28.1 Å². The fraction of sp³-hybridized carbons (Fsp3) is 0.600. The minimum Gasteiger partial charge on any atom is -0.480 e. The first-order chi connectivity index (χ1) is 9.28. The molecule has 1 fully saturated rings. The third-order valence-corrected chi connectivity index (χ3v) is 5.61. The molecule has 1 N–H and O–H groups in total. The van der Waals surface area contributed by atoms with Gasteiger partial charge in [0.05, 0.1) is 17.3 Å². The first kappa shape index (κ1) is 15.2. The van der Waals surface area contributed by atoms with Gasteiger partial charge in [0.1, 0.15) is 6.04 Å². The van der Waals surface area contributed by atoms with E-state index >= 15 is 0 Å². The number of carboxylic acids is 1. The number of aliphatic carboxylic acids is 1. The summed E-state index contributed by atoms with van der Waals surface area (Å²) in [6.07, 6.45) is 0.840. The summed E-state index contributed by atoms with van der Waals surface area (Å²) in [7, 11) is -1.21. The summed E-state index contributed by atoms with van der Waals surface area (Å²) < 4.78 is 32.2. The molecule has 10 heteroatoms. The Labute approximate surface area is 120 Å². The Morgan fingerprint density at radius 1 is 1.60 bits per heavy atom. The highest BCUT2D eigenvalue weighted by Crippen LogP contribution is 2.30. The van der Waals surface area contributed by atoms with Crippen LogP contribution in [0.5, 0.6) is 0 Å². The first-order valence-corrected chi connectivity index (χ1v) is 7.55. The van der Waals surface area contributed by atoms with E-state index in [1.807, 2.05) is 0 Å². The van der Waals surface area contributed by atoms with E-state index in [4.69, 9.17) is 16.3 Å². The zero-order chi connectivity index (χ0) is 15.1. The molecule has 1 aliphatic rings. The van der Waals surface area contributed by atoms with Crippen LogP contribution < -0.4 is 0 Å². The molecule has 0 spiro atoms. The molecule has 0 aliphatic carbocycles. The second kappa shape index (κ2) is 5.32. The van der Waals surface area contributed by atoms with Gasteiger partial charge < -0.3 is 9.84 Å². The van der Waals surface area contributed by atoms with Crippen molar-refractivity contribution in [3.8, 4) is 0 Å². The van der Waals surface area contributed by atoms with Crippen molar-refractivity contribution in [3.05, 3.63) is 11.2 Å². The Bertz CT molecular complexity index is 609. The Balaban J connectivity index is 2.45. The molecule has 0 saturated carbocycles. The number of halogens is 1. The second-order valence-electron chi connectivity index (χ2n) is 4.44. The van der Waals surface area contributed by atoms with Crippen LogP contribution in [-0.2, 0) is 26.6 Å². The van der Waals surface area contributed by atoms with E-state index in [0.717, 1.165) is 8.99 Å². The fourth-order valence-corrected chi connectivity index (χ4v) is 4.46. The minimum atomic E-state index is -4.05. The molecule has 1 aromatic heterocycles. The molecule has 112 valence electrons. The number of ether oxygens (including phenoxy) is 1. The molecule has 2 atom stereocenters. The number of aromatic nitrogens is 2. The quantitative estimate of drug-likeness (QED) is 0.832. The van der Waals surface area contributed by atoms with Crippen LogP contribution in [0.2, 0.25) is 5.02 Å². The van der Waals surface area contributed by atoms with E-state index in [9.17, 15) is 18.3 Å². The number of hydrogen-bond donors (Lipinski definition) is 1. The van der Waals surface area contributed by atoms with Crippen molar-refractivity contribution in [2.45, 2.75) is 23.6 Å². The molecule has 0 bridgehead atoms. The maximum Gasteiger partial charge on any atom is 0.322 e. The van der Waals surface area contributed by atoms with Gasteiger partial charge in [-0.25, -0.2) is 8.42 Å². The fourth-order valence-electron chi connectivity index (χ4n) is 2.23. The molecule has 1 saturated heterocycles. The largest absolute Gasteiger partial charge is 0.480 e. The number of aryl methyl sites for hydroxylation is 1. The van der Waals surface area contributed by atoms with Gasteiger partial charge in [0, 0.05) is 27.1 Å². The highest BCUT2D eigenvalue weighted by molar-refractivity contribution is 7.89. The Kier molecular flexibility index (Phi) is 4.05. The van der Waals surface area contributed by atoms with Crippen LogP contribution in [0.25, 0.3) is 0 Å². The van der Waals surface area contributed by atoms with Crippen LogP contribution in [0.1, 0.15) is 6.42 Å². The lowest BCUT2D eigenvalue weighted by Gasteiger charge is -2.20. The van der Waals surface area contributed by atoms with E-state index in [-0.39, 0.29) is 23.0 Å². The lowest BCUT2D eigenvalue weighted by Crippen LogP contribution is -2.41. The number of carbonyl (C=O) groups is 1. The molecule has 2 heterocycles. The molecule has 20 heavy (non-hydrogen) atoms. The Hall–Kier alpha value is -1.16. The van der Waals surface area contributed by atoms with Gasteiger partial charge in [-0.2, -0.15) is 9.40 Å². The summed E-state index contributed by atoms with van der Waals surface area (Å²) in [5, 5.41) is 12.7. The molecular formula is C10H14ClN3O5S. The molecule has 0 radical (unpaired) electrons. The van der Waals surface area contributed by atoms with E-state index in [1.54, 1.807) is 0 Å². The highest BCUT2D eigenvalue weighted by atomic mass is 35.5. The zero-order valence-electron chi connectivity index (χ0n) is 10.9. The number of sulfonamides is 1. The van der Waals surface area contributed by atoms with Crippen molar-refractivity contribution in [1.29, 1.82) is 0 Å². The van der Waals surface area contributed by atoms with Crippen molar-refractivity contribution in [2.75, 3.05) is 13.7 Å². The number of carboxylic acid groups (broad SMARTS) is 1. The summed E-state index contributed by atoms with van der Waals surface area (Å²) in [4.78, 5) is 11.2. The average molecular weight is 324 g/mol. The van der Waals surface area contributed by atoms with Gasteiger partial charge in [-0.15, -0.1) is 0 Å². The average Bonchev–Trinajstić information content (AvgIpc) is 2.93. The number of nitrogens with zero attached hydrogens (tertiary/aromatic N) is 3. The molecule has 0 aromatic carbocycles. The second-order valence-corrected chi connectivity index (χ2v) is 6.66. The van der Waals surface area contributed by atoms with Crippen LogP contribution >= 0.6 is 11.6 Å². The highest BCUT2D eigenvalue weighted by Gasteiger charge is 2.45. The number of rotatable bonds is 4. The third kappa shape index (κ3) is 2.41. The van der Waals surface area contributed by atoms with Gasteiger partial charge in [-0.3, -0.25) is 9.48 Å². The van der Waals surface area contributed by atoms with E-state index in [2.05, 4.69) is 5.10 Å². The Morgan fingerprint density at radius 3 is 2.70 bits per heavy atom. The van der Waals surface area contributed by atoms with Crippen LogP contribution in [0.15, 0.2) is 11.2 Å². The van der Waals surface area contributed by atoms with Gasteiger partial charge in [-0.1, -0.05) is 11.6 Å². The molecule has 0 amide bonds. The normalized spacial score (nSPS) is 24.1. The standard InChI is InChI=1S/C10H14ClN3O5S/c1-13-9(7(11)4-12-13)20(17,18)14-5-6(19-2)3-8(14)10(15)16/h4,6,8H,3,5H2,1-2H3,(H,15,16). The van der Waals surface area contributed by atoms with Crippen LogP contribution in [0, 0.1) is 0 Å². The van der Waals surface area contributed by atoms with E-state index in [1.165, 1.54) is 20.4 Å². The van der Waals surface area contributed by atoms with Crippen molar-refractivity contribution in [2.24, 2.45) is 7.05 Å². The third-order valence-electron chi connectivity index (χ3n) is 3.23. The monoisotopic (exact) mass is 323 g/mol. The lowest BCUT2D eigenvalue weighted by atomic mass is 10.2. The SMILES string of the molecule is COC1CC(C(=O)O)N(S(=O)(=O)c2c(Cl)cnn2C)C1. The van der Waals surface area contributed by atoms with Gasteiger partial charge in [-0.05, 0) is 0 Å². The number of hydrogen-bond acceptors (Lipinski definition) is 5. The maximum absolute atomic E-state index is 12.6. The van der Waals surface area contributed by atoms with Crippen molar-refractivity contribution in [3.63, 3.8) is 0 Å². The van der Waals surface area contributed by atoms with Gasteiger partial charge >= 0.3 is 5.97 Å². The number of methoxy groups -OCH3 is 1. The Morgan fingerprint density at radius 2 is 2.25 bits per heavy atom. The van der Waals surface area contributed by atoms with Crippen molar-refractivity contribution in [1.82, 2.24) is 14.1 Å². The topological polar surface area (TPSA) is 102 Å². The maximum atomic E-state index is 12.6. The van der Waals surface area contributed by atoms with Gasteiger partial charge in [0.25, 0.3) is 10.0 Å². The predicted molar refractivity (Wildman–Crippen MR) is 68.9 cm³/mol. The predicted octanol–water partition coefficient (Wildman–Crippen LogP) is -0.0639. The van der Waals surface area contributed by atoms with Gasteiger partial charge in [0.2, 0.25) is 0 Å². The minimum absolute atomic E-state index is 0.0304. The smallest absolute Gasteiger partial charge is 0.322 e. The van der Waals surface area contributed by atoms with Crippen LogP contribution in [0.4, 0.5) is 0 Å². The van der Waals surface area contributed by atoms with E-state index in [0.29, 0.717) is 0 Å². The van der Waals surface area contributed by atoms with Crippen LogP contribution in [-0.4, -0.2) is 59.4 Å². The molecular weight excluding hydrogens is 310 g/mol. The zero-order valence-corrected chi connectivity index (χ0v) is 12.4. The van der Waals surface area contributed by atoms with Gasteiger partial charge in [0.15, 0.2) is 5.03 Å². The van der Waals surface area contributed by atoms with Crippen molar-refractivity contribution >= 4 is 27.6 Å². The molecule has 2 rings (SSSR count). The summed E-state index contributed by atoms with van der Waals surface area (Å²) in [6.45, 7) is -0.0304. The first-order valence-electron chi connectivity index (χ1n) is 5.74. The molecule has 2 unspecified atom stereocenters. The molecule has 1 aliphatic heterocycles. The molecule has 8 nitrogen and oxygen atoms in total. The lowest BCUT2D eigenvalue weighted by molar-refractivity contribution is -0.140. The molecule has 1 aromatic rings. The summed E-state index contributed by atoms with van der Waals surface area (Å²) in [5.74, 6) is -1.22. The summed E-state index contributed by atoms with van der Waals surface area (Å²) >= 11 is 5.84. The summed E-state index contributed by atoms with van der Waals surface area (Å²) in [6, 6.07) is -1.17. The van der Waals surface area contributed by atoms with Crippen molar-refractivity contribution < 1.29 is 23.1 Å². The summed E-state index contributed by atoms with van der Waals surface area (Å²) in [5.41, 5.74) is 0.